The lowest BCUT2D eigenvalue weighted by Gasteiger charge is -2.29. The number of methoxy groups -OCH3 is 2. The summed E-state index contributed by atoms with van der Waals surface area (Å²) in [5.74, 6) is 1.15. The maximum Gasteiger partial charge on any atom is 0.229 e. The number of benzene rings is 2. The Morgan fingerprint density at radius 2 is 1.74 bits per heavy atom. The van der Waals surface area contributed by atoms with E-state index in [2.05, 4.69) is 25.7 Å². The lowest BCUT2D eigenvalue weighted by Crippen LogP contribution is -2.30. The van der Waals surface area contributed by atoms with Crippen molar-refractivity contribution in [1.29, 1.82) is 0 Å². The summed E-state index contributed by atoms with van der Waals surface area (Å²) in [5.41, 5.74) is 3.87. The number of nitrogens with one attached hydrogen (secondary N) is 2. The minimum atomic E-state index is -3.49. The monoisotopic (exact) mass is 549 g/mol. The van der Waals surface area contributed by atoms with Crippen LogP contribution in [0.2, 0.25) is 0 Å². The zero-order chi connectivity index (χ0) is 26.9. The van der Waals surface area contributed by atoms with Gasteiger partial charge in [0.05, 0.1) is 37.9 Å². The van der Waals surface area contributed by atoms with E-state index in [4.69, 9.17) is 21.7 Å². The van der Waals surface area contributed by atoms with Crippen molar-refractivity contribution in [2.45, 2.75) is 12.1 Å². The number of sulfonamides is 1. The second-order valence-corrected chi connectivity index (χ2v) is 10.9. The zero-order valence-corrected chi connectivity index (χ0v) is 22.7. The standard InChI is InChI=1S/C27H27N5O4S2/c1-35-20-12-9-18(10-13-20)31-16-6-8-23(31)26-25(22-7-4-5-15-28-22)29-27(37)32(26)19-11-14-21(24(17-19)36-2)30-38(3,33)34/h4-17,25-26,30H,1-3H3,(H,29,37)/t25-,26+/m0/s1. The lowest BCUT2D eigenvalue weighted by molar-refractivity contribution is 0.414. The van der Waals surface area contributed by atoms with Gasteiger partial charge < -0.3 is 24.3 Å². The molecule has 3 heterocycles. The molecule has 1 saturated heterocycles. The molecule has 2 aromatic carbocycles. The molecule has 4 aromatic rings. The average molecular weight is 550 g/mol. The van der Waals surface area contributed by atoms with E-state index >= 15 is 0 Å². The largest absolute Gasteiger partial charge is 0.497 e. The van der Waals surface area contributed by atoms with Gasteiger partial charge in [-0.1, -0.05) is 6.07 Å². The molecule has 2 atom stereocenters. The Labute approximate surface area is 227 Å². The smallest absolute Gasteiger partial charge is 0.229 e. The van der Waals surface area contributed by atoms with Gasteiger partial charge in [-0.15, -0.1) is 0 Å². The number of aromatic nitrogens is 2. The van der Waals surface area contributed by atoms with Crippen LogP contribution in [-0.2, 0) is 10.0 Å². The van der Waals surface area contributed by atoms with Crippen molar-refractivity contribution < 1.29 is 17.9 Å². The van der Waals surface area contributed by atoms with Gasteiger partial charge in [0.25, 0.3) is 0 Å². The first-order chi connectivity index (χ1) is 18.3. The summed E-state index contributed by atoms with van der Waals surface area (Å²) in [6.07, 6.45) is 4.86. The van der Waals surface area contributed by atoms with Crippen LogP contribution in [-0.4, -0.2) is 43.6 Å². The fourth-order valence-electron chi connectivity index (χ4n) is 4.66. The number of thiocarbonyl (C=S) groups is 1. The summed E-state index contributed by atoms with van der Waals surface area (Å²) >= 11 is 5.85. The predicted octanol–water partition coefficient (Wildman–Crippen LogP) is 4.44. The highest BCUT2D eigenvalue weighted by Gasteiger charge is 2.42. The van der Waals surface area contributed by atoms with Gasteiger partial charge in [0, 0.05) is 35.5 Å². The quantitative estimate of drug-likeness (QED) is 0.312. The normalized spacial score (nSPS) is 17.2. The Bertz CT molecular complexity index is 1560. The van der Waals surface area contributed by atoms with Gasteiger partial charge in [0.2, 0.25) is 10.0 Å². The number of anilines is 2. The number of pyridine rings is 1. The second kappa shape index (κ2) is 10.3. The van der Waals surface area contributed by atoms with Crippen LogP contribution in [0.5, 0.6) is 11.5 Å². The molecule has 0 unspecified atom stereocenters. The van der Waals surface area contributed by atoms with Gasteiger partial charge in [0.15, 0.2) is 5.11 Å². The van der Waals surface area contributed by atoms with Crippen molar-refractivity contribution in [3.05, 3.63) is 96.6 Å². The van der Waals surface area contributed by atoms with Crippen molar-refractivity contribution in [3.8, 4) is 17.2 Å². The molecule has 1 fully saturated rings. The molecule has 1 aliphatic rings. The summed E-state index contributed by atoms with van der Waals surface area (Å²) < 4.78 is 39.2. The van der Waals surface area contributed by atoms with Gasteiger partial charge in [-0.25, -0.2) is 8.42 Å². The Morgan fingerprint density at radius 1 is 0.974 bits per heavy atom. The number of ether oxygens (including phenoxy) is 2. The van der Waals surface area contributed by atoms with E-state index in [9.17, 15) is 8.42 Å². The SMILES string of the molecule is COc1ccc(-n2cccc2[C@@H]2[C@H](c3ccccn3)NC(=S)N2c2ccc(NS(C)(=O)=O)c(OC)c2)cc1. The Balaban J connectivity index is 1.63. The van der Waals surface area contributed by atoms with Crippen LogP contribution < -0.4 is 24.4 Å². The summed E-state index contributed by atoms with van der Waals surface area (Å²) in [4.78, 5) is 6.63. The molecular weight excluding hydrogens is 522 g/mol. The van der Waals surface area contributed by atoms with E-state index in [1.807, 2.05) is 65.7 Å². The molecular formula is C27H27N5O4S2. The van der Waals surface area contributed by atoms with Crippen molar-refractivity contribution in [2.75, 3.05) is 30.1 Å². The van der Waals surface area contributed by atoms with E-state index in [0.29, 0.717) is 16.5 Å². The van der Waals surface area contributed by atoms with Crippen molar-refractivity contribution in [1.82, 2.24) is 14.9 Å². The minimum absolute atomic E-state index is 0.254. The van der Waals surface area contributed by atoms with E-state index in [0.717, 1.165) is 34.8 Å². The van der Waals surface area contributed by atoms with E-state index in [1.54, 1.807) is 25.4 Å². The van der Waals surface area contributed by atoms with Gasteiger partial charge >= 0.3 is 0 Å². The molecule has 2 N–H and O–H groups in total. The van der Waals surface area contributed by atoms with Gasteiger partial charge in [0.1, 0.15) is 17.5 Å². The highest BCUT2D eigenvalue weighted by molar-refractivity contribution is 7.92. The first kappa shape index (κ1) is 25.6. The third kappa shape index (κ3) is 5.02. The molecule has 0 saturated carbocycles. The van der Waals surface area contributed by atoms with Gasteiger partial charge in [-0.3, -0.25) is 9.71 Å². The van der Waals surface area contributed by atoms with Crippen molar-refractivity contribution >= 4 is 38.7 Å². The van der Waals surface area contributed by atoms with Crippen molar-refractivity contribution in [2.24, 2.45) is 0 Å². The van der Waals surface area contributed by atoms with E-state index in [-0.39, 0.29) is 12.1 Å². The average Bonchev–Trinajstić information content (AvgIpc) is 3.53. The molecule has 2 aromatic heterocycles. The van der Waals surface area contributed by atoms with Crippen LogP contribution in [0.4, 0.5) is 11.4 Å². The Morgan fingerprint density at radius 3 is 2.39 bits per heavy atom. The van der Waals surface area contributed by atoms with Crippen LogP contribution in [0, 0.1) is 0 Å². The number of rotatable bonds is 8. The summed E-state index contributed by atoms with van der Waals surface area (Å²) in [5, 5.41) is 3.97. The molecule has 0 spiro atoms. The summed E-state index contributed by atoms with van der Waals surface area (Å²) in [6, 6.07) is 22.4. The number of nitrogens with zero attached hydrogens (tertiary/aromatic N) is 3. The molecule has 196 valence electrons. The maximum absolute atomic E-state index is 11.9. The topological polar surface area (TPSA) is 97.7 Å². The Kier molecular flexibility index (Phi) is 6.96. The molecule has 5 rings (SSSR count). The number of hydrogen-bond acceptors (Lipinski definition) is 6. The molecule has 38 heavy (non-hydrogen) atoms. The third-order valence-corrected chi connectivity index (χ3v) is 7.20. The first-order valence-corrected chi connectivity index (χ1v) is 14.1. The molecule has 0 radical (unpaired) electrons. The number of hydrogen-bond donors (Lipinski definition) is 2. The van der Waals surface area contributed by atoms with Gasteiger partial charge in [-0.05, 0) is 72.9 Å². The molecule has 0 aliphatic carbocycles. The van der Waals surface area contributed by atoms with E-state index in [1.165, 1.54) is 7.11 Å². The third-order valence-electron chi connectivity index (χ3n) is 6.29. The fraction of sp³-hybridized carbons (Fsp3) is 0.185. The van der Waals surface area contributed by atoms with Gasteiger partial charge in [-0.2, -0.15) is 0 Å². The molecule has 9 nitrogen and oxygen atoms in total. The maximum atomic E-state index is 11.9. The van der Waals surface area contributed by atoms with Crippen molar-refractivity contribution in [3.63, 3.8) is 0 Å². The predicted molar refractivity (Wildman–Crippen MR) is 152 cm³/mol. The summed E-state index contributed by atoms with van der Waals surface area (Å²) in [7, 11) is -0.350. The zero-order valence-electron chi connectivity index (χ0n) is 21.0. The molecule has 11 heteroatoms. The lowest BCUT2D eigenvalue weighted by atomic mass is 10.0. The first-order valence-electron chi connectivity index (χ1n) is 11.8. The van der Waals surface area contributed by atoms with Crippen LogP contribution in [0.1, 0.15) is 23.5 Å². The summed E-state index contributed by atoms with van der Waals surface area (Å²) in [6.45, 7) is 0. The van der Waals surface area contributed by atoms with Crippen LogP contribution in [0.25, 0.3) is 5.69 Å². The fourth-order valence-corrected chi connectivity index (χ4v) is 5.57. The molecule has 0 amide bonds. The Hall–Kier alpha value is -4.09. The molecule has 0 bridgehead atoms. The van der Waals surface area contributed by atoms with Crippen LogP contribution >= 0.6 is 12.2 Å². The highest BCUT2D eigenvalue weighted by Crippen LogP contribution is 2.44. The molecule has 1 aliphatic heterocycles. The van der Waals surface area contributed by atoms with Crippen LogP contribution in [0.15, 0.2) is 85.2 Å². The minimum Gasteiger partial charge on any atom is -0.497 e. The highest BCUT2D eigenvalue weighted by atomic mass is 32.2. The van der Waals surface area contributed by atoms with E-state index < -0.39 is 10.0 Å². The second-order valence-electron chi connectivity index (χ2n) is 8.76. The van der Waals surface area contributed by atoms with Crippen LogP contribution in [0.3, 0.4) is 0 Å².